The molecule has 1 saturated heterocycles. The fourth-order valence-corrected chi connectivity index (χ4v) is 4.98. The number of halogens is 1. The highest BCUT2D eigenvalue weighted by atomic mass is 35.5. The van der Waals surface area contributed by atoms with Crippen molar-refractivity contribution in [3.63, 3.8) is 0 Å². The quantitative estimate of drug-likeness (QED) is 0.438. The van der Waals surface area contributed by atoms with Gasteiger partial charge in [-0.25, -0.2) is 9.78 Å². The van der Waals surface area contributed by atoms with E-state index in [2.05, 4.69) is 20.3 Å². The molecule has 9 nitrogen and oxygen atoms in total. The van der Waals surface area contributed by atoms with Crippen molar-refractivity contribution in [1.29, 1.82) is 0 Å². The molecule has 1 fully saturated rings. The van der Waals surface area contributed by atoms with Crippen LogP contribution in [0.3, 0.4) is 0 Å². The Morgan fingerprint density at radius 3 is 2.60 bits per heavy atom. The van der Waals surface area contributed by atoms with Crippen LogP contribution in [0.5, 0.6) is 5.75 Å². The maximum atomic E-state index is 12.7. The number of carbonyl (C=O) groups is 1. The smallest absolute Gasteiger partial charge is 0.322 e. The highest BCUT2D eigenvalue weighted by Gasteiger charge is 2.22. The van der Waals surface area contributed by atoms with E-state index >= 15 is 0 Å². The Bertz CT molecular complexity index is 1410. The zero-order valence-electron chi connectivity index (χ0n) is 19.0. The minimum Gasteiger partial charge on any atom is -0.495 e. The Hall–Kier alpha value is -3.47. The van der Waals surface area contributed by atoms with Gasteiger partial charge in [0.25, 0.3) is 5.56 Å². The Balaban J connectivity index is 1.23. The molecular weight excluding hydrogens is 488 g/mol. The van der Waals surface area contributed by atoms with E-state index in [9.17, 15) is 9.59 Å². The largest absolute Gasteiger partial charge is 0.495 e. The number of nitrogens with zero attached hydrogens (tertiary/aromatic N) is 5. The molecule has 35 heavy (non-hydrogen) atoms. The van der Waals surface area contributed by atoms with Gasteiger partial charge in [-0.2, -0.15) is 9.61 Å². The van der Waals surface area contributed by atoms with Gasteiger partial charge in [-0.15, -0.1) is 0 Å². The van der Waals surface area contributed by atoms with Gasteiger partial charge in [0.15, 0.2) is 0 Å². The third-order valence-electron chi connectivity index (χ3n) is 5.78. The molecule has 4 aromatic rings. The molecule has 0 spiro atoms. The number of amides is 2. The molecule has 180 valence electrons. The third-order valence-corrected chi connectivity index (χ3v) is 6.99. The summed E-state index contributed by atoms with van der Waals surface area (Å²) in [6.07, 6.45) is 0. The first-order valence-electron chi connectivity index (χ1n) is 11.1. The van der Waals surface area contributed by atoms with Crippen molar-refractivity contribution < 1.29 is 9.53 Å². The number of rotatable bonds is 5. The summed E-state index contributed by atoms with van der Waals surface area (Å²) in [5.41, 5.74) is 2.00. The number of urea groups is 1. The average Bonchev–Trinajstić information content (AvgIpc) is 3.30. The number of methoxy groups -OCH3 is 1. The molecule has 0 aliphatic carbocycles. The molecule has 2 amide bonds. The first-order valence-corrected chi connectivity index (χ1v) is 12.3. The molecule has 2 aromatic heterocycles. The predicted molar refractivity (Wildman–Crippen MR) is 136 cm³/mol. The first-order chi connectivity index (χ1) is 17.0. The van der Waals surface area contributed by atoms with Crippen molar-refractivity contribution in [1.82, 2.24) is 24.4 Å². The molecule has 11 heteroatoms. The van der Waals surface area contributed by atoms with Crippen LogP contribution >= 0.6 is 22.9 Å². The Morgan fingerprint density at radius 2 is 1.86 bits per heavy atom. The van der Waals surface area contributed by atoms with Gasteiger partial charge < -0.3 is 15.0 Å². The van der Waals surface area contributed by atoms with Crippen LogP contribution in [0, 0.1) is 0 Å². The Kier molecular flexibility index (Phi) is 6.67. The first kappa shape index (κ1) is 23.3. The number of piperazine rings is 1. The molecule has 1 aliphatic rings. The topological polar surface area (TPSA) is 92.1 Å². The van der Waals surface area contributed by atoms with Crippen LogP contribution in [-0.2, 0) is 6.54 Å². The number of para-hydroxylation sites is 2. The molecule has 1 N–H and O–H groups in total. The number of benzene rings is 2. The molecule has 0 bridgehead atoms. The summed E-state index contributed by atoms with van der Waals surface area (Å²) in [7, 11) is 1.58. The molecule has 0 radical (unpaired) electrons. The average molecular weight is 511 g/mol. The normalized spacial score (nSPS) is 14.3. The molecule has 0 atom stereocenters. The summed E-state index contributed by atoms with van der Waals surface area (Å²) in [5.74, 6) is 0.620. The minimum absolute atomic E-state index is 0.161. The molecule has 0 unspecified atom stereocenters. The fraction of sp³-hybridized carbons (Fsp3) is 0.250. The second-order valence-electron chi connectivity index (χ2n) is 8.09. The summed E-state index contributed by atoms with van der Waals surface area (Å²) in [6, 6.07) is 16.0. The lowest BCUT2D eigenvalue weighted by Gasteiger charge is -2.34. The number of aromatic nitrogens is 3. The van der Waals surface area contributed by atoms with Gasteiger partial charge >= 0.3 is 6.03 Å². The van der Waals surface area contributed by atoms with Gasteiger partial charge in [0.1, 0.15) is 10.8 Å². The highest BCUT2D eigenvalue weighted by molar-refractivity contribution is 7.19. The van der Waals surface area contributed by atoms with E-state index in [0.717, 1.165) is 5.56 Å². The van der Waals surface area contributed by atoms with Crippen molar-refractivity contribution >= 4 is 39.6 Å². The van der Waals surface area contributed by atoms with Crippen molar-refractivity contribution in [2.24, 2.45) is 0 Å². The number of hydrogen-bond acceptors (Lipinski definition) is 7. The molecular formula is C24H23ClN6O3S. The second-order valence-corrected chi connectivity index (χ2v) is 9.48. The lowest BCUT2D eigenvalue weighted by Crippen LogP contribution is -2.49. The summed E-state index contributed by atoms with van der Waals surface area (Å²) < 4.78 is 6.64. The van der Waals surface area contributed by atoms with E-state index in [-0.39, 0.29) is 11.6 Å². The zero-order chi connectivity index (χ0) is 24.4. The summed E-state index contributed by atoms with van der Waals surface area (Å²) >= 11 is 7.33. The molecule has 2 aromatic carbocycles. The van der Waals surface area contributed by atoms with Crippen LogP contribution in [0.1, 0.15) is 5.69 Å². The predicted octanol–water partition coefficient (Wildman–Crippen LogP) is 3.83. The van der Waals surface area contributed by atoms with E-state index in [4.69, 9.17) is 16.3 Å². The van der Waals surface area contributed by atoms with E-state index in [0.29, 0.717) is 64.8 Å². The Morgan fingerprint density at radius 1 is 1.11 bits per heavy atom. The van der Waals surface area contributed by atoms with Crippen LogP contribution < -0.4 is 15.6 Å². The Labute approximate surface area is 210 Å². The van der Waals surface area contributed by atoms with E-state index in [1.54, 1.807) is 24.1 Å². The van der Waals surface area contributed by atoms with Crippen LogP contribution in [-0.4, -0.2) is 63.7 Å². The standard InChI is InChI=1S/C24H23ClN6O3S/c1-34-20-5-3-2-4-19(20)27-23(33)30-12-10-29(11-13-30)15-18-14-21(32)31-24(26-18)35-22(28-31)16-6-8-17(25)9-7-16/h2-9,14H,10-13,15H2,1H3,(H,27,33). The summed E-state index contributed by atoms with van der Waals surface area (Å²) in [5, 5.41) is 8.69. The summed E-state index contributed by atoms with van der Waals surface area (Å²) in [6.45, 7) is 3.03. The fourth-order valence-electron chi connectivity index (χ4n) is 3.93. The van der Waals surface area contributed by atoms with Crippen molar-refractivity contribution in [2.45, 2.75) is 6.54 Å². The van der Waals surface area contributed by atoms with Crippen LogP contribution in [0.4, 0.5) is 10.5 Å². The minimum atomic E-state index is -0.212. The SMILES string of the molecule is COc1ccccc1NC(=O)N1CCN(Cc2cc(=O)n3nc(-c4ccc(Cl)cc4)sc3n2)CC1. The van der Waals surface area contributed by atoms with Gasteiger partial charge in [-0.1, -0.05) is 47.2 Å². The van der Waals surface area contributed by atoms with Crippen molar-refractivity contribution in [3.8, 4) is 16.3 Å². The number of carbonyl (C=O) groups excluding carboxylic acids is 1. The molecule has 1 aliphatic heterocycles. The summed E-state index contributed by atoms with van der Waals surface area (Å²) in [4.78, 5) is 34.5. The van der Waals surface area contributed by atoms with Crippen LogP contribution in [0.25, 0.3) is 15.5 Å². The maximum Gasteiger partial charge on any atom is 0.322 e. The van der Waals surface area contributed by atoms with E-state index in [1.807, 2.05) is 36.4 Å². The number of fused-ring (bicyclic) bond motifs is 1. The zero-order valence-corrected chi connectivity index (χ0v) is 20.6. The van der Waals surface area contributed by atoms with Crippen molar-refractivity contribution in [2.75, 3.05) is 38.6 Å². The van der Waals surface area contributed by atoms with Crippen LogP contribution in [0.15, 0.2) is 59.4 Å². The number of nitrogens with one attached hydrogen (secondary N) is 1. The second kappa shape index (κ2) is 10.0. The lowest BCUT2D eigenvalue weighted by molar-refractivity contribution is 0.142. The van der Waals surface area contributed by atoms with E-state index in [1.165, 1.54) is 21.9 Å². The van der Waals surface area contributed by atoms with Gasteiger partial charge in [0, 0.05) is 49.4 Å². The van der Waals surface area contributed by atoms with Gasteiger partial charge in [-0.05, 0) is 24.3 Å². The third kappa shape index (κ3) is 5.14. The molecule has 5 rings (SSSR count). The molecule has 0 saturated carbocycles. The number of ether oxygens (including phenoxy) is 1. The van der Waals surface area contributed by atoms with Gasteiger partial charge in [-0.3, -0.25) is 9.69 Å². The molecule has 3 heterocycles. The van der Waals surface area contributed by atoms with E-state index < -0.39 is 0 Å². The number of hydrogen-bond donors (Lipinski definition) is 1. The van der Waals surface area contributed by atoms with Crippen molar-refractivity contribution in [3.05, 3.63) is 75.7 Å². The van der Waals surface area contributed by atoms with Gasteiger partial charge in [0.05, 0.1) is 18.5 Å². The monoisotopic (exact) mass is 510 g/mol. The highest BCUT2D eigenvalue weighted by Crippen LogP contribution is 2.26. The lowest BCUT2D eigenvalue weighted by atomic mass is 10.2. The van der Waals surface area contributed by atoms with Gasteiger partial charge in [0.2, 0.25) is 4.96 Å². The maximum absolute atomic E-state index is 12.7. The number of anilines is 1. The van der Waals surface area contributed by atoms with Crippen LogP contribution in [0.2, 0.25) is 5.02 Å².